The molecule has 3 N–H and O–H groups in total. The summed E-state index contributed by atoms with van der Waals surface area (Å²) in [4.78, 5) is 14.4. The fourth-order valence-corrected chi connectivity index (χ4v) is 3.22. The number of sulfonamides is 1. The van der Waals surface area contributed by atoms with E-state index in [1.165, 1.54) is 17.7 Å². The number of anilines is 1. The highest BCUT2D eigenvalue weighted by molar-refractivity contribution is 7.89. The Hall–Kier alpha value is -2.22. The molecule has 6 nitrogen and oxygen atoms in total. The minimum absolute atomic E-state index is 0.0213. The molecular weight excluding hydrogens is 350 g/mol. The van der Waals surface area contributed by atoms with Crippen LogP contribution in [-0.4, -0.2) is 32.3 Å². The zero-order valence-electron chi connectivity index (χ0n) is 14.9. The van der Waals surface area contributed by atoms with Crippen molar-refractivity contribution in [2.45, 2.75) is 31.2 Å². The number of hydrogen-bond donors (Lipinski definition) is 2. The van der Waals surface area contributed by atoms with E-state index in [4.69, 9.17) is 5.14 Å². The third-order valence-corrected chi connectivity index (χ3v) is 4.80. The maximum absolute atomic E-state index is 12.2. The molecule has 0 radical (unpaired) electrons. The minimum atomic E-state index is -3.79. The number of carbonyl (C=O) groups excluding carboxylic acids is 1. The highest BCUT2D eigenvalue weighted by Crippen LogP contribution is 2.14. The van der Waals surface area contributed by atoms with Gasteiger partial charge in [-0.25, -0.2) is 13.6 Å². The van der Waals surface area contributed by atoms with Crippen molar-refractivity contribution in [3.8, 4) is 0 Å². The normalized spacial score (nSPS) is 11.5. The molecule has 0 bridgehead atoms. The third-order valence-electron chi connectivity index (χ3n) is 3.89. The van der Waals surface area contributed by atoms with Crippen LogP contribution < -0.4 is 10.5 Å². The topological polar surface area (TPSA) is 92.5 Å². The molecule has 0 aromatic heterocycles. The van der Waals surface area contributed by atoms with Crippen molar-refractivity contribution in [3.05, 3.63) is 60.2 Å². The Morgan fingerprint density at radius 2 is 1.81 bits per heavy atom. The second-order valence-corrected chi connectivity index (χ2v) is 7.69. The van der Waals surface area contributed by atoms with Crippen molar-refractivity contribution in [2.75, 3.05) is 18.4 Å². The number of nitrogens with zero attached hydrogens (tertiary/aromatic N) is 1. The minimum Gasteiger partial charge on any atom is -0.326 e. The molecule has 0 spiro atoms. The van der Waals surface area contributed by atoms with Crippen LogP contribution in [-0.2, 0) is 21.4 Å². The van der Waals surface area contributed by atoms with E-state index < -0.39 is 10.0 Å². The average molecular weight is 375 g/mol. The van der Waals surface area contributed by atoms with Gasteiger partial charge in [-0.15, -0.1) is 0 Å². The van der Waals surface area contributed by atoms with E-state index in [1.54, 1.807) is 12.1 Å². The Kier molecular flexibility index (Phi) is 7.32. The lowest BCUT2D eigenvalue weighted by molar-refractivity contribution is -0.116. The summed E-state index contributed by atoms with van der Waals surface area (Å²) in [5.74, 6) is -0.161. The molecule has 26 heavy (non-hydrogen) atoms. The summed E-state index contributed by atoms with van der Waals surface area (Å²) in [5, 5.41) is 7.84. The Labute approximate surface area is 155 Å². The van der Waals surface area contributed by atoms with Crippen molar-refractivity contribution in [2.24, 2.45) is 5.14 Å². The quantitative estimate of drug-likeness (QED) is 0.704. The fraction of sp³-hybridized carbons (Fsp3) is 0.316. The van der Waals surface area contributed by atoms with Gasteiger partial charge in [0, 0.05) is 25.2 Å². The summed E-state index contributed by atoms with van der Waals surface area (Å²) in [7, 11) is -3.79. The zero-order chi connectivity index (χ0) is 19.0. The van der Waals surface area contributed by atoms with E-state index in [0.29, 0.717) is 18.7 Å². The largest absolute Gasteiger partial charge is 0.326 e. The molecule has 7 heteroatoms. The number of nitrogens with two attached hydrogens (primary N) is 1. The number of hydrogen-bond acceptors (Lipinski definition) is 4. The summed E-state index contributed by atoms with van der Waals surface area (Å²) >= 11 is 0. The number of rotatable bonds is 9. The molecule has 0 saturated carbocycles. The van der Waals surface area contributed by atoms with Gasteiger partial charge in [0.15, 0.2) is 0 Å². The van der Waals surface area contributed by atoms with Crippen LogP contribution in [0.1, 0.15) is 25.3 Å². The molecule has 0 aliphatic carbocycles. The van der Waals surface area contributed by atoms with Crippen LogP contribution >= 0.6 is 0 Å². The molecule has 1 amide bonds. The van der Waals surface area contributed by atoms with Crippen LogP contribution in [0.3, 0.4) is 0 Å². The first-order valence-corrected chi connectivity index (χ1v) is 10.1. The number of primary sulfonamides is 1. The third kappa shape index (κ3) is 6.59. The molecule has 140 valence electrons. The Morgan fingerprint density at radius 3 is 2.46 bits per heavy atom. The molecule has 0 unspecified atom stereocenters. The second-order valence-electron chi connectivity index (χ2n) is 6.13. The predicted octanol–water partition coefficient (Wildman–Crippen LogP) is 2.57. The number of benzene rings is 2. The summed E-state index contributed by atoms with van der Waals surface area (Å²) in [6, 6.07) is 16.1. The Balaban J connectivity index is 1.92. The SMILES string of the molecule is CCCN(CCC(=O)Nc1cccc(S(N)(=O)=O)c1)Cc1ccccc1. The monoisotopic (exact) mass is 375 g/mol. The number of amides is 1. The summed E-state index contributed by atoms with van der Waals surface area (Å²) in [6.45, 7) is 4.44. The van der Waals surface area contributed by atoms with Gasteiger partial charge in [0.05, 0.1) is 4.90 Å². The van der Waals surface area contributed by atoms with E-state index >= 15 is 0 Å². The molecular formula is C19H25N3O3S. The molecule has 0 aliphatic heterocycles. The molecule has 0 atom stereocenters. The van der Waals surface area contributed by atoms with Crippen LogP contribution in [0.2, 0.25) is 0 Å². The van der Waals surface area contributed by atoms with Crippen LogP contribution in [0.25, 0.3) is 0 Å². The van der Waals surface area contributed by atoms with Gasteiger partial charge in [-0.1, -0.05) is 43.3 Å². The molecule has 0 saturated heterocycles. The maximum Gasteiger partial charge on any atom is 0.238 e. The van der Waals surface area contributed by atoms with E-state index in [0.717, 1.165) is 19.5 Å². The van der Waals surface area contributed by atoms with E-state index in [9.17, 15) is 13.2 Å². The van der Waals surface area contributed by atoms with Gasteiger partial charge in [0.1, 0.15) is 0 Å². The molecule has 2 aromatic carbocycles. The summed E-state index contributed by atoms with van der Waals surface area (Å²) < 4.78 is 22.8. The lowest BCUT2D eigenvalue weighted by Gasteiger charge is -2.21. The second kappa shape index (κ2) is 9.47. The van der Waals surface area contributed by atoms with Crippen LogP contribution in [0.4, 0.5) is 5.69 Å². The Bertz CT molecular complexity index is 823. The molecule has 2 rings (SSSR count). The smallest absolute Gasteiger partial charge is 0.238 e. The average Bonchev–Trinajstić information content (AvgIpc) is 2.60. The lowest BCUT2D eigenvalue weighted by atomic mass is 10.2. The van der Waals surface area contributed by atoms with Crippen LogP contribution in [0.15, 0.2) is 59.5 Å². The summed E-state index contributed by atoms with van der Waals surface area (Å²) in [6.07, 6.45) is 1.33. The van der Waals surface area contributed by atoms with E-state index in [1.807, 2.05) is 18.2 Å². The first-order valence-electron chi connectivity index (χ1n) is 8.57. The highest BCUT2D eigenvalue weighted by Gasteiger charge is 2.11. The molecule has 2 aromatic rings. The lowest BCUT2D eigenvalue weighted by Crippen LogP contribution is -2.28. The van der Waals surface area contributed by atoms with Crippen molar-refractivity contribution in [1.29, 1.82) is 0 Å². The zero-order valence-corrected chi connectivity index (χ0v) is 15.7. The van der Waals surface area contributed by atoms with E-state index in [-0.39, 0.29) is 10.8 Å². The van der Waals surface area contributed by atoms with Gasteiger partial charge in [0.25, 0.3) is 0 Å². The first-order chi connectivity index (χ1) is 12.4. The van der Waals surface area contributed by atoms with Gasteiger partial charge < -0.3 is 5.32 Å². The van der Waals surface area contributed by atoms with E-state index in [2.05, 4.69) is 29.3 Å². The van der Waals surface area contributed by atoms with Crippen LogP contribution in [0, 0.1) is 0 Å². The van der Waals surface area contributed by atoms with Gasteiger partial charge in [0.2, 0.25) is 15.9 Å². The van der Waals surface area contributed by atoms with Gasteiger partial charge in [-0.05, 0) is 36.7 Å². The van der Waals surface area contributed by atoms with Gasteiger partial charge in [-0.2, -0.15) is 0 Å². The number of carbonyl (C=O) groups is 1. The molecule has 0 aliphatic rings. The standard InChI is InChI=1S/C19H25N3O3S/c1-2-12-22(15-16-7-4-3-5-8-16)13-11-19(23)21-17-9-6-10-18(14-17)26(20,24)25/h3-10,14H,2,11-13,15H2,1H3,(H,21,23)(H2,20,24,25). The highest BCUT2D eigenvalue weighted by atomic mass is 32.2. The van der Waals surface area contributed by atoms with Crippen molar-refractivity contribution in [3.63, 3.8) is 0 Å². The molecule has 0 heterocycles. The van der Waals surface area contributed by atoms with Crippen LogP contribution in [0.5, 0.6) is 0 Å². The van der Waals surface area contributed by atoms with Crippen molar-refractivity contribution >= 4 is 21.6 Å². The maximum atomic E-state index is 12.2. The van der Waals surface area contributed by atoms with Gasteiger partial charge in [-0.3, -0.25) is 9.69 Å². The molecule has 0 fully saturated rings. The van der Waals surface area contributed by atoms with Crippen molar-refractivity contribution in [1.82, 2.24) is 4.90 Å². The fourth-order valence-electron chi connectivity index (χ4n) is 2.66. The number of nitrogens with one attached hydrogen (secondary N) is 1. The predicted molar refractivity (Wildman–Crippen MR) is 103 cm³/mol. The Morgan fingerprint density at radius 1 is 1.08 bits per heavy atom. The van der Waals surface area contributed by atoms with Gasteiger partial charge >= 0.3 is 0 Å². The van der Waals surface area contributed by atoms with Crippen molar-refractivity contribution < 1.29 is 13.2 Å². The summed E-state index contributed by atoms with van der Waals surface area (Å²) in [5.41, 5.74) is 1.63. The first kappa shape index (κ1) is 20.1.